The molecule has 0 bridgehead atoms. The smallest absolute Gasteiger partial charge is 0.336 e. The van der Waals surface area contributed by atoms with E-state index in [4.69, 9.17) is 9.47 Å². The minimum absolute atomic E-state index is 0.181. The molecule has 0 spiro atoms. The van der Waals surface area contributed by atoms with Gasteiger partial charge in [0.15, 0.2) is 0 Å². The zero-order chi connectivity index (χ0) is 23.1. The van der Waals surface area contributed by atoms with Crippen LogP contribution in [0.25, 0.3) is 6.08 Å². The molecule has 1 aromatic rings. The number of benzene rings is 1. The fourth-order valence-electron chi connectivity index (χ4n) is 3.67. The van der Waals surface area contributed by atoms with Gasteiger partial charge in [-0.1, -0.05) is 31.2 Å². The van der Waals surface area contributed by atoms with Crippen molar-refractivity contribution in [3.05, 3.63) is 63.5 Å². The van der Waals surface area contributed by atoms with Gasteiger partial charge in [-0.05, 0) is 51.3 Å². The SMILES string of the molecule is CCOC(=O)C1=C(C)NC(C)=C(C(=O)OCC)C1c1ccccc1C=C(CC)C(=O)O. The van der Waals surface area contributed by atoms with Gasteiger partial charge in [0.2, 0.25) is 0 Å². The predicted octanol–water partition coefficient (Wildman–Crippen LogP) is 3.93. The van der Waals surface area contributed by atoms with E-state index in [9.17, 15) is 19.5 Å². The number of nitrogens with one attached hydrogen (secondary N) is 1. The van der Waals surface area contributed by atoms with E-state index in [0.29, 0.717) is 40.1 Å². The predicted molar refractivity (Wildman–Crippen MR) is 117 cm³/mol. The van der Waals surface area contributed by atoms with Gasteiger partial charge in [-0.3, -0.25) is 0 Å². The summed E-state index contributed by atoms with van der Waals surface area (Å²) in [5.74, 6) is -2.87. The van der Waals surface area contributed by atoms with Gasteiger partial charge in [-0.2, -0.15) is 0 Å². The van der Waals surface area contributed by atoms with Crippen LogP contribution in [0.5, 0.6) is 0 Å². The van der Waals surface area contributed by atoms with Crippen LogP contribution in [0.2, 0.25) is 0 Å². The summed E-state index contributed by atoms with van der Waals surface area (Å²) in [6.07, 6.45) is 1.91. The Morgan fingerprint density at radius 2 is 1.48 bits per heavy atom. The minimum Gasteiger partial charge on any atom is -0.478 e. The van der Waals surface area contributed by atoms with Gasteiger partial charge in [0, 0.05) is 17.0 Å². The second-order valence-electron chi connectivity index (χ2n) is 7.03. The summed E-state index contributed by atoms with van der Waals surface area (Å²) in [7, 11) is 0. The average Bonchev–Trinajstić information content (AvgIpc) is 2.71. The molecule has 7 nitrogen and oxygen atoms in total. The fraction of sp³-hybridized carbons (Fsp3) is 0.375. The Hall–Kier alpha value is -3.35. The Morgan fingerprint density at radius 1 is 0.968 bits per heavy atom. The zero-order valence-corrected chi connectivity index (χ0v) is 18.6. The van der Waals surface area contributed by atoms with Gasteiger partial charge in [-0.15, -0.1) is 0 Å². The summed E-state index contributed by atoms with van der Waals surface area (Å²) >= 11 is 0. The van der Waals surface area contributed by atoms with Crippen molar-refractivity contribution in [3.8, 4) is 0 Å². The van der Waals surface area contributed by atoms with Crippen LogP contribution in [0, 0.1) is 0 Å². The van der Waals surface area contributed by atoms with Crippen molar-refractivity contribution in [3.63, 3.8) is 0 Å². The molecule has 0 aromatic heterocycles. The van der Waals surface area contributed by atoms with E-state index in [1.54, 1.807) is 65.0 Å². The summed E-state index contributed by atoms with van der Waals surface area (Å²) in [5.41, 5.74) is 3.19. The molecule has 0 fully saturated rings. The van der Waals surface area contributed by atoms with Gasteiger partial charge in [-0.25, -0.2) is 14.4 Å². The lowest BCUT2D eigenvalue weighted by atomic mass is 9.78. The Kier molecular flexibility index (Phi) is 8.19. The molecule has 0 unspecified atom stereocenters. The maximum absolute atomic E-state index is 12.9. The number of dihydropyridines is 1. The summed E-state index contributed by atoms with van der Waals surface area (Å²) in [5, 5.41) is 12.6. The van der Waals surface area contributed by atoms with Crippen molar-refractivity contribution in [2.24, 2.45) is 0 Å². The number of aliphatic carboxylic acids is 1. The van der Waals surface area contributed by atoms with E-state index in [1.807, 2.05) is 0 Å². The first-order valence-corrected chi connectivity index (χ1v) is 10.3. The summed E-state index contributed by atoms with van der Waals surface area (Å²) in [6.45, 7) is 9.04. The second kappa shape index (κ2) is 10.6. The minimum atomic E-state index is -1.02. The van der Waals surface area contributed by atoms with Crippen LogP contribution in [0.15, 0.2) is 52.4 Å². The number of carbonyl (C=O) groups excluding carboxylic acids is 2. The molecule has 1 aliphatic heterocycles. The number of hydrogen-bond acceptors (Lipinski definition) is 6. The number of rotatable bonds is 8. The van der Waals surface area contributed by atoms with Crippen molar-refractivity contribution >= 4 is 24.0 Å². The standard InChI is InChI=1S/C24H29NO6/c1-6-16(22(26)27)13-17-11-9-10-12-18(17)21-19(23(28)30-7-2)14(4)25-15(5)20(21)24(29)31-8-3/h9-13,21,25H,6-8H2,1-5H3,(H,26,27). The van der Waals surface area contributed by atoms with E-state index in [1.165, 1.54) is 0 Å². The highest BCUT2D eigenvalue weighted by atomic mass is 16.5. The van der Waals surface area contributed by atoms with Crippen LogP contribution in [0.1, 0.15) is 58.1 Å². The van der Waals surface area contributed by atoms with Crippen molar-refractivity contribution in [1.29, 1.82) is 0 Å². The quantitative estimate of drug-likeness (QED) is 0.479. The molecule has 1 aromatic carbocycles. The van der Waals surface area contributed by atoms with Gasteiger partial charge in [0.1, 0.15) is 0 Å². The molecule has 0 atom stereocenters. The first kappa shape index (κ1) is 23.9. The Labute approximate surface area is 182 Å². The topological polar surface area (TPSA) is 102 Å². The van der Waals surface area contributed by atoms with E-state index < -0.39 is 23.8 Å². The van der Waals surface area contributed by atoms with E-state index in [2.05, 4.69) is 5.32 Å². The number of allylic oxidation sites excluding steroid dienone is 2. The van der Waals surface area contributed by atoms with Crippen LogP contribution >= 0.6 is 0 Å². The molecule has 0 radical (unpaired) electrons. The lowest BCUT2D eigenvalue weighted by Crippen LogP contribution is -2.32. The molecule has 0 amide bonds. The maximum Gasteiger partial charge on any atom is 0.336 e. The van der Waals surface area contributed by atoms with Crippen LogP contribution < -0.4 is 5.32 Å². The van der Waals surface area contributed by atoms with Crippen molar-refractivity contribution in [2.75, 3.05) is 13.2 Å². The highest BCUT2D eigenvalue weighted by Crippen LogP contribution is 2.41. The third-order valence-electron chi connectivity index (χ3n) is 5.04. The molecular weight excluding hydrogens is 398 g/mol. The van der Waals surface area contributed by atoms with Crippen LogP contribution in [0.4, 0.5) is 0 Å². The second-order valence-corrected chi connectivity index (χ2v) is 7.03. The van der Waals surface area contributed by atoms with E-state index in [0.717, 1.165) is 0 Å². The van der Waals surface area contributed by atoms with Gasteiger partial charge in [0.25, 0.3) is 0 Å². The molecule has 1 aliphatic rings. The average molecular weight is 427 g/mol. The molecule has 0 saturated heterocycles. The Balaban J connectivity index is 2.80. The molecule has 2 rings (SSSR count). The molecular formula is C24H29NO6. The third kappa shape index (κ3) is 5.23. The Morgan fingerprint density at radius 3 is 1.94 bits per heavy atom. The highest BCUT2D eigenvalue weighted by molar-refractivity contribution is 6.00. The lowest BCUT2D eigenvalue weighted by Gasteiger charge is -2.31. The monoisotopic (exact) mass is 427 g/mol. The van der Waals surface area contributed by atoms with Gasteiger partial charge in [0.05, 0.1) is 30.3 Å². The zero-order valence-electron chi connectivity index (χ0n) is 18.6. The summed E-state index contributed by atoms with van der Waals surface area (Å²) < 4.78 is 10.6. The third-order valence-corrected chi connectivity index (χ3v) is 5.04. The number of esters is 2. The molecule has 0 aliphatic carbocycles. The van der Waals surface area contributed by atoms with Gasteiger partial charge >= 0.3 is 17.9 Å². The number of carboxylic acid groups (broad SMARTS) is 1. The molecule has 0 saturated carbocycles. The number of hydrogen-bond donors (Lipinski definition) is 2. The molecule has 7 heteroatoms. The normalized spacial score (nSPS) is 14.9. The summed E-state index contributed by atoms with van der Waals surface area (Å²) in [6, 6.07) is 7.13. The first-order valence-electron chi connectivity index (χ1n) is 10.3. The molecule has 1 heterocycles. The largest absolute Gasteiger partial charge is 0.478 e. The highest BCUT2D eigenvalue weighted by Gasteiger charge is 2.38. The van der Waals surface area contributed by atoms with Gasteiger partial charge < -0.3 is 19.9 Å². The number of carboxylic acids is 1. The van der Waals surface area contributed by atoms with Crippen LogP contribution in [-0.2, 0) is 23.9 Å². The van der Waals surface area contributed by atoms with E-state index >= 15 is 0 Å². The fourth-order valence-corrected chi connectivity index (χ4v) is 3.67. The van der Waals surface area contributed by atoms with E-state index in [-0.39, 0.29) is 18.8 Å². The first-order chi connectivity index (χ1) is 14.8. The summed E-state index contributed by atoms with van der Waals surface area (Å²) in [4.78, 5) is 37.4. The lowest BCUT2D eigenvalue weighted by molar-refractivity contribution is -0.139. The number of carbonyl (C=O) groups is 3. The van der Waals surface area contributed by atoms with Crippen molar-refractivity contribution in [1.82, 2.24) is 5.32 Å². The van der Waals surface area contributed by atoms with Crippen molar-refractivity contribution in [2.45, 2.75) is 47.0 Å². The molecule has 2 N–H and O–H groups in total. The van der Waals surface area contributed by atoms with Crippen LogP contribution in [0.3, 0.4) is 0 Å². The molecule has 31 heavy (non-hydrogen) atoms. The van der Waals surface area contributed by atoms with Crippen molar-refractivity contribution < 1.29 is 29.0 Å². The van der Waals surface area contributed by atoms with Crippen LogP contribution in [-0.4, -0.2) is 36.2 Å². The number of ether oxygens (including phenoxy) is 2. The Bertz CT molecular complexity index is 930. The maximum atomic E-state index is 12.9. The molecule has 166 valence electrons.